The highest BCUT2D eigenvalue weighted by Crippen LogP contribution is 1.62. The molecule has 3 N–H and O–H groups in total. The first-order valence-corrected chi connectivity index (χ1v) is 3.32. The van der Waals surface area contributed by atoms with Crippen molar-refractivity contribution in [3.63, 3.8) is 0 Å². The van der Waals surface area contributed by atoms with Gasteiger partial charge < -0.3 is 10.6 Å². The van der Waals surface area contributed by atoms with Crippen LogP contribution in [0.1, 0.15) is 0 Å². The first-order valence-electron chi connectivity index (χ1n) is 3.32. The lowest BCUT2D eigenvalue weighted by Gasteiger charge is -2.01. The van der Waals surface area contributed by atoms with Crippen molar-refractivity contribution in [3.8, 4) is 0 Å². The summed E-state index contributed by atoms with van der Waals surface area (Å²) < 4.78 is 0. The van der Waals surface area contributed by atoms with Crippen LogP contribution in [0.2, 0.25) is 0 Å². The van der Waals surface area contributed by atoms with E-state index in [4.69, 9.17) is 0 Å². The van der Waals surface area contributed by atoms with E-state index in [2.05, 4.69) is 16.0 Å². The van der Waals surface area contributed by atoms with Crippen LogP contribution < -0.4 is 16.0 Å². The number of hydrogen-bond donors (Lipinski definition) is 3. The second-order valence-electron chi connectivity index (χ2n) is 1.95. The minimum absolute atomic E-state index is 0.131. The van der Waals surface area contributed by atoms with Crippen LogP contribution >= 0.6 is 0 Å². The Morgan fingerprint density at radius 2 is 1.36 bits per heavy atom. The summed E-state index contributed by atoms with van der Waals surface area (Å²) in [6.07, 6.45) is 0. The number of hydrogen-bond acceptors (Lipinski definition) is 3. The van der Waals surface area contributed by atoms with Crippen molar-refractivity contribution in [1.29, 1.82) is 0 Å². The molecule has 0 spiro atoms. The molecular formula is C6H13N3O2. The van der Waals surface area contributed by atoms with Crippen LogP contribution in [0.3, 0.4) is 0 Å². The van der Waals surface area contributed by atoms with Crippen molar-refractivity contribution < 1.29 is 9.59 Å². The van der Waals surface area contributed by atoms with Gasteiger partial charge in [-0.05, 0) is 0 Å². The fraction of sp³-hybridized carbons (Fsp3) is 0.667. The van der Waals surface area contributed by atoms with Gasteiger partial charge in [-0.25, -0.2) is 0 Å². The van der Waals surface area contributed by atoms with Crippen LogP contribution in [0.4, 0.5) is 0 Å². The molecular weight excluding hydrogens is 146 g/mol. The maximum Gasteiger partial charge on any atom is 0.233 e. The Kier molecular flexibility index (Phi) is 5.10. The van der Waals surface area contributed by atoms with Crippen LogP contribution in [-0.2, 0) is 9.59 Å². The van der Waals surface area contributed by atoms with E-state index < -0.39 is 0 Å². The molecule has 0 rings (SSSR count). The lowest BCUT2D eigenvalue weighted by molar-refractivity contribution is -0.120. The molecule has 0 unspecified atom stereocenters. The molecule has 5 nitrogen and oxygen atoms in total. The highest BCUT2D eigenvalue weighted by molar-refractivity contribution is 5.80. The zero-order chi connectivity index (χ0) is 8.69. The molecule has 0 saturated heterocycles. The van der Waals surface area contributed by atoms with Crippen molar-refractivity contribution in [2.45, 2.75) is 0 Å². The second-order valence-corrected chi connectivity index (χ2v) is 1.95. The Morgan fingerprint density at radius 1 is 1.00 bits per heavy atom. The summed E-state index contributed by atoms with van der Waals surface area (Å²) in [5.41, 5.74) is 0. The van der Waals surface area contributed by atoms with E-state index in [1.54, 1.807) is 14.1 Å². The summed E-state index contributed by atoms with van der Waals surface area (Å²) in [5, 5.41) is 7.51. The minimum atomic E-state index is -0.131. The number of carbonyl (C=O) groups is 2. The van der Waals surface area contributed by atoms with E-state index in [9.17, 15) is 9.59 Å². The summed E-state index contributed by atoms with van der Waals surface area (Å²) in [4.78, 5) is 21.2. The SMILES string of the molecule is CNC(=O)CNCC(=O)NC. The van der Waals surface area contributed by atoms with Gasteiger partial charge in [-0.2, -0.15) is 0 Å². The number of likely N-dealkylation sites (N-methyl/N-ethyl adjacent to an activating group) is 2. The van der Waals surface area contributed by atoms with E-state index in [1.807, 2.05) is 0 Å². The van der Waals surface area contributed by atoms with Gasteiger partial charge in [0.15, 0.2) is 0 Å². The lowest BCUT2D eigenvalue weighted by Crippen LogP contribution is -2.37. The molecule has 0 bridgehead atoms. The zero-order valence-corrected chi connectivity index (χ0v) is 6.73. The largest absolute Gasteiger partial charge is 0.358 e. The third-order valence-electron chi connectivity index (χ3n) is 1.13. The molecule has 0 fully saturated rings. The quantitative estimate of drug-likeness (QED) is 0.447. The molecule has 0 aromatic rings. The Balaban J connectivity index is 3.27. The van der Waals surface area contributed by atoms with Gasteiger partial charge >= 0.3 is 0 Å². The van der Waals surface area contributed by atoms with Crippen LogP contribution in [0, 0.1) is 0 Å². The standard InChI is InChI=1S/C6H13N3O2/c1-7-5(10)3-9-4-6(11)8-2/h9H,3-4H2,1-2H3,(H,7,10)(H,8,11). The van der Waals surface area contributed by atoms with E-state index in [-0.39, 0.29) is 24.9 Å². The highest BCUT2D eigenvalue weighted by Gasteiger charge is 1.98. The minimum Gasteiger partial charge on any atom is -0.358 e. The average molecular weight is 159 g/mol. The summed E-state index contributed by atoms with van der Waals surface area (Å²) in [7, 11) is 3.09. The van der Waals surface area contributed by atoms with Crippen LogP contribution in [-0.4, -0.2) is 39.0 Å². The first kappa shape index (κ1) is 9.90. The third-order valence-corrected chi connectivity index (χ3v) is 1.13. The molecule has 0 heterocycles. The maximum absolute atomic E-state index is 10.6. The predicted molar refractivity (Wildman–Crippen MR) is 41.0 cm³/mol. The fourth-order valence-electron chi connectivity index (χ4n) is 0.466. The smallest absolute Gasteiger partial charge is 0.233 e. The second kappa shape index (κ2) is 5.67. The summed E-state index contributed by atoms with van der Waals surface area (Å²) >= 11 is 0. The molecule has 0 aliphatic heterocycles. The molecule has 2 amide bonds. The van der Waals surface area contributed by atoms with Crippen molar-refractivity contribution in [2.24, 2.45) is 0 Å². The molecule has 0 aromatic heterocycles. The summed E-state index contributed by atoms with van der Waals surface area (Å²) in [6.45, 7) is 0.341. The van der Waals surface area contributed by atoms with Gasteiger partial charge in [0.05, 0.1) is 13.1 Å². The van der Waals surface area contributed by atoms with E-state index in [1.165, 1.54) is 0 Å². The number of amides is 2. The molecule has 0 saturated carbocycles. The Bertz CT molecular complexity index is 131. The zero-order valence-electron chi connectivity index (χ0n) is 6.73. The topological polar surface area (TPSA) is 70.2 Å². The summed E-state index contributed by atoms with van der Waals surface area (Å²) in [6, 6.07) is 0. The van der Waals surface area contributed by atoms with Crippen molar-refractivity contribution >= 4 is 11.8 Å². The van der Waals surface area contributed by atoms with Gasteiger partial charge in [0.2, 0.25) is 11.8 Å². The van der Waals surface area contributed by atoms with Crippen molar-refractivity contribution in [3.05, 3.63) is 0 Å². The molecule has 0 aliphatic carbocycles. The maximum atomic E-state index is 10.6. The van der Waals surface area contributed by atoms with Crippen molar-refractivity contribution in [1.82, 2.24) is 16.0 Å². The van der Waals surface area contributed by atoms with Crippen molar-refractivity contribution in [2.75, 3.05) is 27.2 Å². The van der Waals surface area contributed by atoms with E-state index in [0.29, 0.717) is 0 Å². The molecule has 0 radical (unpaired) electrons. The van der Waals surface area contributed by atoms with Gasteiger partial charge in [-0.1, -0.05) is 0 Å². The van der Waals surface area contributed by atoms with Crippen LogP contribution in [0.25, 0.3) is 0 Å². The van der Waals surface area contributed by atoms with Gasteiger partial charge in [0.1, 0.15) is 0 Å². The number of nitrogens with one attached hydrogen (secondary N) is 3. The van der Waals surface area contributed by atoms with E-state index in [0.717, 1.165) is 0 Å². The molecule has 11 heavy (non-hydrogen) atoms. The molecule has 64 valence electrons. The van der Waals surface area contributed by atoms with Gasteiger partial charge in [0, 0.05) is 14.1 Å². The Hall–Kier alpha value is -1.10. The first-order chi connectivity index (χ1) is 5.20. The third kappa shape index (κ3) is 5.35. The highest BCUT2D eigenvalue weighted by atomic mass is 16.2. The number of rotatable bonds is 4. The average Bonchev–Trinajstić information content (AvgIpc) is 2.04. The van der Waals surface area contributed by atoms with Gasteiger partial charge in [-0.15, -0.1) is 0 Å². The summed E-state index contributed by atoms with van der Waals surface area (Å²) in [5.74, 6) is -0.261. The Labute approximate surface area is 65.5 Å². The molecule has 0 aromatic carbocycles. The fourth-order valence-corrected chi connectivity index (χ4v) is 0.466. The normalized spacial score (nSPS) is 8.91. The lowest BCUT2D eigenvalue weighted by atomic mass is 10.5. The molecule has 5 heteroatoms. The number of carbonyl (C=O) groups excluding carboxylic acids is 2. The Morgan fingerprint density at radius 3 is 1.64 bits per heavy atom. The van der Waals surface area contributed by atoms with E-state index >= 15 is 0 Å². The molecule has 0 aliphatic rings. The van der Waals surface area contributed by atoms with Crippen LogP contribution in [0.5, 0.6) is 0 Å². The van der Waals surface area contributed by atoms with Crippen LogP contribution in [0.15, 0.2) is 0 Å². The monoisotopic (exact) mass is 159 g/mol. The predicted octanol–water partition coefficient (Wildman–Crippen LogP) is -1.93. The molecule has 0 atom stereocenters. The van der Waals surface area contributed by atoms with Gasteiger partial charge in [0.25, 0.3) is 0 Å². The van der Waals surface area contributed by atoms with Gasteiger partial charge in [-0.3, -0.25) is 14.9 Å².